The number of rotatable bonds is 6. The fourth-order valence-electron chi connectivity index (χ4n) is 3.17. The number of aromatic nitrogens is 2. The third-order valence-corrected chi connectivity index (χ3v) is 4.66. The van der Waals surface area contributed by atoms with Gasteiger partial charge in [0.25, 0.3) is 5.91 Å². The van der Waals surface area contributed by atoms with E-state index in [1.54, 1.807) is 6.20 Å². The van der Waals surface area contributed by atoms with Crippen molar-refractivity contribution in [3.8, 4) is 0 Å². The Labute approximate surface area is 148 Å². The van der Waals surface area contributed by atoms with E-state index < -0.39 is 0 Å². The third-order valence-electron chi connectivity index (χ3n) is 4.66. The standard InChI is InChI=1S/C19H24N4O2/c1-15(16-5-3-2-4-6-16)23-19(7-11-25-12-8-19)14-22-18(24)17-13-20-9-10-21-17/h2-6,9-10,13,15,23H,7-8,11-12,14H2,1H3,(H,22,24)/t15-/m0/s1. The summed E-state index contributed by atoms with van der Waals surface area (Å²) in [6.07, 6.45) is 6.26. The molecular formula is C19H24N4O2. The van der Waals surface area contributed by atoms with E-state index in [-0.39, 0.29) is 17.5 Å². The van der Waals surface area contributed by atoms with Crippen LogP contribution < -0.4 is 10.6 Å². The molecule has 0 saturated carbocycles. The van der Waals surface area contributed by atoms with Crippen molar-refractivity contribution in [3.05, 3.63) is 60.2 Å². The lowest BCUT2D eigenvalue weighted by molar-refractivity contribution is 0.0332. The second kappa shape index (κ2) is 8.18. The van der Waals surface area contributed by atoms with Crippen LogP contribution in [0.3, 0.4) is 0 Å². The Balaban J connectivity index is 1.67. The maximum Gasteiger partial charge on any atom is 0.271 e. The highest BCUT2D eigenvalue weighted by atomic mass is 16.5. The number of nitrogens with one attached hydrogen (secondary N) is 2. The number of carbonyl (C=O) groups excluding carboxylic acids is 1. The quantitative estimate of drug-likeness (QED) is 0.842. The number of carbonyl (C=O) groups is 1. The highest BCUT2D eigenvalue weighted by Gasteiger charge is 2.34. The van der Waals surface area contributed by atoms with E-state index in [2.05, 4.69) is 39.7 Å². The molecule has 1 amide bonds. The summed E-state index contributed by atoms with van der Waals surface area (Å²) in [5.74, 6) is -0.201. The van der Waals surface area contributed by atoms with Gasteiger partial charge in [0, 0.05) is 43.7 Å². The van der Waals surface area contributed by atoms with Gasteiger partial charge in [-0.15, -0.1) is 0 Å². The van der Waals surface area contributed by atoms with E-state index in [0.717, 1.165) is 12.8 Å². The number of amides is 1. The Morgan fingerprint density at radius 3 is 2.68 bits per heavy atom. The summed E-state index contributed by atoms with van der Waals surface area (Å²) in [6.45, 7) is 4.06. The van der Waals surface area contributed by atoms with Crippen molar-refractivity contribution >= 4 is 5.91 Å². The van der Waals surface area contributed by atoms with Gasteiger partial charge in [0.05, 0.1) is 6.20 Å². The second-order valence-electron chi connectivity index (χ2n) is 6.44. The summed E-state index contributed by atoms with van der Waals surface area (Å²) >= 11 is 0. The maximum absolute atomic E-state index is 12.3. The van der Waals surface area contributed by atoms with Crippen molar-refractivity contribution in [1.82, 2.24) is 20.6 Å². The summed E-state index contributed by atoms with van der Waals surface area (Å²) in [7, 11) is 0. The molecule has 1 saturated heterocycles. The number of hydrogen-bond donors (Lipinski definition) is 2. The fourth-order valence-corrected chi connectivity index (χ4v) is 3.17. The highest BCUT2D eigenvalue weighted by Crippen LogP contribution is 2.25. The van der Waals surface area contributed by atoms with E-state index in [1.807, 2.05) is 18.2 Å². The summed E-state index contributed by atoms with van der Waals surface area (Å²) in [6, 6.07) is 10.5. The minimum atomic E-state index is -0.201. The zero-order valence-electron chi connectivity index (χ0n) is 14.4. The van der Waals surface area contributed by atoms with E-state index in [4.69, 9.17) is 4.74 Å². The van der Waals surface area contributed by atoms with Crippen LogP contribution in [-0.2, 0) is 4.74 Å². The first kappa shape index (κ1) is 17.5. The second-order valence-corrected chi connectivity index (χ2v) is 6.44. The summed E-state index contributed by atoms with van der Waals surface area (Å²) in [4.78, 5) is 20.3. The zero-order valence-corrected chi connectivity index (χ0v) is 14.4. The third kappa shape index (κ3) is 4.61. The summed E-state index contributed by atoms with van der Waals surface area (Å²) in [5, 5.41) is 6.73. The number of ether oxygens (including phenoxy) is 1. The van der Waals surface area contributed by atoms with Gasteiger partial charge >= 0.3 is 0 Å². The average Bonchev–Trinajstić information content (AvgIpc) is 2.68. The average molecular weight is 340 g/mol. The Hall–Kier alpha value is -2.31. The van der Waals surface area contributed by atoms with E-state index in [9.17, 15) is 4.79 Å². The molecule has 1 aliphatic heterocycles. The summed E-state index contributed by atoms with van der Waals surface area (Å²) in [5.41, 5.74) is 1.38. The van der Waals surface area contributed by atoms with Crippen LogP contribution in [0.5, 0.6) is 0 Å². The minimum Gasteiger partial charge on any atom is -0.381 e. The molecule has 0 spiro atoms. The molecule has 132 valence electrons. The lowest BCUT2D eigenvalue weighted by atomic mass is 9.88. The minimum absolute atomic E-state index is 0.188. The van der Waals surface area contributed by atoms with Gasteiger partial charge in [-0.1, -0.05) is 30.3 Å². The van der Waals surface area contributed by atoms with Crippen molar-refractivity contribution < 1.29 is 9.53 Å². The topological polar surface area (TPSA) is 76.1 Å². The molecule has 0 unspecified atom stereocenters. The molecule has 0 radical (unpaired) electrons. The SMILES string of the molecule is C[C@H](NC1(CNC(=O)c2cnccn2)CCOCC1)c1ccccc1. The van der Waals surface area contributed by atoms with E-state index >= 15 is 0 Å². The van der Waals surface area contributed by atoms with Gasteiger partial charge in [0.1, 0.15) is 5.69 Å². The van der Waals surface area contributed by atoms with Crippen LogP contribution in [0.1, 0.15) is 41.9 Å². The van der Waals surface area contributed by atoms with Crippen LogP contribution in [0, 0.1) is 0 Å². The van der Waals surface area contributed by atoms with Crippen LogP contribution in [0.4, 0.5) is 0 Å². The molecule has 6 nitrogen and oxygen atoms in total. The lowest BCUT2D eigenvalue weighted by Gasteiger charge is -2.40. The van der Waals surface area contributed by atoms with Crippen molar-refractivity contribution in [2.75, 3.05) is 19.8 Å². The molecule has 0 aliphatic carbocycles. The molecular weight excluding hydrogens is 316 g/mol. The maximum atomic E-state index is 12.3. The predicted octanol–water partition coefficient (Wildman–Crippen LogP) is 2.11. The van der Waals surface area contributed by atoms with Gasteiger partial charge in [-0.2, -0.15) is 0 Å². The Morgan fingerprint density at radius 2 is 2.00 bits per heavy atom. The van der Waals surface area contributed by atoms with Gasteiger partial charge in [-0.25, -0.2) is 4.98 Å². The molecule has 1 fully saturated rings. The molecule has 1 aromatic carbocycles. The molecule has 2 aromatic rings. The van der Waals surface area contributed by atoms with Gasteiger partial charge in [0.15, 0.2) is 0 Å². The molecule has 2 N–H and O–H groups in total. The Bertz CT molecular complexity index is 672. The van der Waals surface area contributed by atoms with Crippen LogP contribution in [0.25, 0.3) is 0 Å². The highest BCUT2D eigenvalue weighted by molar-refractivity contribution is 5.91. The van der Waals surface area contributed by atoms with Gasteiger partial charge in [0.2, 0.25) is 0 Å². The molecule has 0 bridgehead atoms. The monoisotopic (exact) mass is 340 g/mol. The first-order chi connectivity index (χ1) is 12.2. The van der Waals surface area contributed by atoms with Crippen molar-refractivity contribution in [2.24, 2.45) is 0 Å². The van der Waals surface area contributed by atoms with Crippen molar-refractivity contribution in [3.63, 3.8) is 0 Å². The van der Waals surface area contributed by atoms with Crippen LogP contribution in [0.15, 0.2) is 48.9 Å². The van der Waals surface area contributed by atoms with Crippen molar-refractivity contribution in [1.29, 1.82) is 0 Å². The Morgan fingerprint density at radius 1 is 1.24 bits per heavy atom. The van der Waals surface area contributed by atoms with Gasteiger partial charge < -0.3 is 15.4 Å². The predicted molar refractivity (Wildman–Crippen MR) is 95.1 cm³/mol. The normalized spacial score (nSPS) is 17.6. The molecule has 1 aliphatic rings. The fraction of sp³-hybridized carbons (Fsp3) is 0.421. The van der Waals surface area contributed by atoms with Gasteiger partial charge in [-0.3, -0.25) is 9.78 Å². The Kier molecular flexibility index (Phi) is 5.73. The van der Waals surface area contributed by atoms with Crippen LogP contribution in [0.2, 0.25) is 0 Å². The van der Waals surface area contributed by atoms with Gasteiger partial charge in [-0.05, 0) is 25.3 Å². The number of nitrogens with zero attached hydrogens (tertiary/aromatic N) is 2. The van der Waals surface area contributed by atoms with Crippen molar-refractivity contribution in [2.45, 2.75) is 31.3 Å². The zero-order chi connectivity index (χ0) is 17.5. The van der Waals surface area contributed by atoms with Crippen LogP contribution >= 0.6 is 0 Å². The first-order valence-corrected chi connectivity index (χ1v) is 8.63. The van der Waals surface area contributed by atoms with E-state index in [0.29, 0.717) is 25.5 Å². The molecule has 25 heavy (non-hydrogen) atoms. The van der Waals surface area contributed by atoms with Crippen LogP contribution in [-0.4, -0.2) is 41.2 Å². The molecule has 3 rings (SSSR count). The largest absolute Gasteiger partial charge is 0.381 e. The lowest BCUT2D eigenvalue weighted by Crippen LogP contribution is -2.57. The van der Waals surface area contributed by atoms with E-state index in [1.165, 1.54) is 18.0 Å². The summed E-state index contributed by atoms with van der Waals surface area (Å²) < 4.78 is 5.53. The molecule has 1 atom stereocenters. The molecule has 2 heterocycles. The number of benzene rings is 1. The smallest absolute Gasteiger partial charge is 0.271 e. The molecule has 6 heteroatoms. The first-order valence-electron chi connectivity index (χ1n) is 8.63. The molecule has 1 aromatic heterocycles. The number of hydrogen-bond acceptors (Lipinski definition) is 5.